The molecule has 2 N–H and O–H groups in total. The third-order valence-electron chi connectivity index (χ3n) is 5.60. The number of carbonyl (C=O) groups is 2. The Balaban J connectivity index is 0.00000385. The van der Waals surface area contributed by atoms with Crippen molar-refractivity contribution in [2.75, 3.05) is 46.9 Å². The number of benzene rings is 2. The molecule has 3 amide bonds. The molecule has 0 radical (unpaired) electrons. The van der Waals surface area contributed by atoms with Crippen molar-refractivity contribution < 1.29 is 19.1 Å². The zero-order valence-electron chi connectivity index (χ0n) is 19.4. The Kier molecular flexibility index (Phi) is 10.3. The van der Waals surface area contributed by atoms with Gasteiger partial charge in [-0.1, -0.05) is 30.3 Å². The van der Waals surface area contributed by atoms with E-state index in [0.717, 1.165) is 11.1 Å². The molecule has 1 saturated heterocycles. The molecule has 0 aromatic heterocycles. The van der Waals surface area contributed by atoms with Crippen LogP contribution >= 0.6 is 12.4 Å². The zero-order chi connectivity index (χ0) is 22.9. The molecule has 2 aromatic carbocycles. The first-order chi connectivity index (χ1) is 15.5. The largest absolute Gasteiger partial charge is 0.497 e. The molecule has 0 bridgehead atoms. The maximum absolute atomic E-state index is 12.8. The summed E-state index contributed by atoms with van der Waals surface area (Å²) in [7, 11) is 3.21. The minimum absolute atomic E-state index is 0. The second kappa shape index (κ2) is 12.9. The van der Waals surface area contributed by atoms with Gasteiger partial charge in [0.15, 0.2) is 0 Å². The van der Waals surface area contributed by atoms with Crippen LogP contribution in [0.15, 0.2) is 48.5 Å². The second-order valence-electron chi connectivity index (χ2n) is 7.80. The summed E-state index contributed by atoms with van der Waals surface area (Å²) in [4.78, 5) is 28.9. The molecule has 1 aliphatic heterocycles. The summed E-state index contributed by atoms with van der Waals surface area (Å²) in [6, 6.07) is 15.0. The standard InChI is InChI=1S/C24H32N4O4.ClH/c1-18(21-15-20(31-2)9-10-22(21)32-3)26-24(30)28-13-11-27(12-14-28)17-23(29)25-16-19-7-5-4-6-8-19;/h4-10,15,18H,11-14,16-17H2,1-3H3,(H,25,29)(H,26,30);1H. The predicted molar refractivity (Wildman–Crippen MR) is 130 cm³/mol. The summed E-state index contributed by atoms with van der Waals surface area (Å²) in [6.07, 6.45) is 0. The first-order valence-electron chi connectivity index (χ1n) is 10.8. The van der Waals surface area contributed by atoms with Crippen molar-refractivity contribution >= 4 is 24.3 Å². The Morgan fingerprint density at radius 3 is 2.33 bits per heavy atom. The Hall–Kier alpha value is -2.97. The van der Waals surface area contributed by atoms with Gasteiger partial charge in [-0.2, -0.15) is 0 Å². The molecule has 33 heavy (non-hydrogen) atoms. The molecule has 8 nitrogen and oxygen atoms in total. The summed E-state index contributed by atoms with van der Waals surface area (Å²) < 4.78 is 10.7. The molecule has 0 saturated carbocycles. The van der Waals surface area contributed by atoms with Gasteiger partial charge in [0.05, 0.1) is 26.8 Å². The minimum Gasteiger partial charge on any atom is -0.497 e. The van der Waals surface area contributed by atoms with Crippen LogP contribution in [0.2, 0.25) is 0 Å². The van der Waals surface area contributed by atoms with E-state index in [1.165, 1.54) is 0 Å². The summed E-state index contributed by atoms with van der Waals surface area (Å²) in [5.74, 6) is 1.40. The summed E-state index contributed by atoms with van der Waals surface area (Å²) in [5.41, 5.74) is 1.93. The predicted octanol–water partition coefficient (Wildman–Crippen LogP) is 2.83. The second-order valence-corrected chi connectivity index (χ2v) is 7.80. The number of hydrogen-bond acceptors (Lipinski definition) is 5. The van der Waals surface area contributed by atoms with Crippen LogP contribution in [0.1, 0.15) is 24.1 Å². The fraction of sp³-hybridized carbons (Fsp3) is 0.417. The molecule has 1 unspecified atom stereocenters. The molecule has 2 aromatic rings. The number of methoxy groups -OCH3 is 2. The van der Waals surface area contributed by atoms with E-state index in [1.807, 2.05) is 55.5 Å². The lowest BCUT2D eigenvalue weighted by Crippen LogP contribution is -2.53. The average molecular weight is 477 g/mol. The highest BCUT2D eigenvalue weighted by Crippen LogP contribution is 2.29. The number of carbonyl (C=O) groups excluding carboxylic acids is 2. The highest BCUT2D eigenvalue weighted by molar-refractivity contribution is 5.85. The third kappa shape index (κ3) is 7.54. The normalized spacial score (nSPS) is 14.6. The van der Waals surface area contributed by atoms with Gasteiger partial charge >= 0.3 is 6.03 Å². The molecule has 180 valence electrons. The monoisotopic (exact) mass is 476 g/mol. The fourth-order valence-corrected chi connectivity index (χ4v) is 3.70. The van der Waals surface area contributed by atoms with Crippen LogP contribution in [0, 0.1) is 0 Å². The van der Waals surface area contributed by atoms with Gasteiger partial charge in [-0.25, -0.2) is 4.79 Å². The quantitative estimate of drug-likeness (QED) is 0.612. The van der Waals surface area contributed by atoms with E-state index in [9.17, 15) is 9.59 Å². The number of urea groups is 1. The first kappa shape index (κ1) is 26.3. The topological polar surface area (TPSA) is 83.1 Å². The van der Waals surface area contributed by atoms with Crippen molar-refractivity contribution in [2.45, 2.75) is 19.5 Å². The summed E-state index contributed by atoms with van der Waals surface area (Å²) >= 11 is 0. The lowest BCUT2D eigenvalue weighted by molar-refractivity contribution is -0.122. The van der Waals surface area contributed by atoms with E-state index >= 15 is 0 Å². The van der Waals surface area contributed by atoms with E-state index in [-0.39, 0.29) is 30.4 Å². The Labute approximate surface area is 201 Å². The molecule has 3 rings (SSSR count). The Morgan fingerprint density at radius 2 is 1.70 bits per heavy atom. The van der Waals surface area contributed by atoms with Crippen LogP contribution in [-0.2, 0) is 11.3 Å². The molecule has 0 spiro atoms. The average Bonchev–Trinajstić information content (AvgIpc) is 2.83. The zero-order valence-corrected chi connectivity index (χ0v) is 20.2. The number of ether oxygens (including phenoxy) is 2. The highest BCUT2D eigenvalue weighted by Gasteiger charge is 2.24. The van der Waals surface area contributed by atoms with Crippen molar-refractivity contribution in [3.8, 4) is 11.5 Å². The SMILES string of the molecule is COc1ccc(OC)c(C(C)NC(=O)N2CCN(CC(=O)NCc3ccccc3)CC2)c1.Cl. The summed E-state index contributed by atoms with van der Waals surface area (Å²) in [5, 5.41) is 5.99. The van der Waals surface area contributed by atoms with E-state index in [4.69, 9.17) is 9.47 Å². The van der Waals surface area contributed by atoms with Crippen molar-refractivity contribution in [1.29, 1.82) is 0 Å². The molecule has 1 atom stereocenters. The van der Waals surface area contributed by atoms with Crippen molar-refractivity contribution in [3.05, 3.63) is 59.7 Å². The number of rotatable bonds is 8. The van der Waals surface area contributed by atoms with Crippen molar-refractivity contribution in [3.63, 3.8) is 0 Å². The number of hydrogen-bond donors (Lipinski definition) is 2. The third-order valence-corrected chi connectivity index (χ3v) is 5.60. The van der Waals surface area contributed by atoms with Gasteiger partial charge in [-0.3, -0.25) is 9.69 Å². The molecule has 0 aliphatic carbocycles. The Morgan fingerprint density at radius 1 is 1.00 bits per heavy atom. The number of piperazine rings is 1. The number of nitrogens with one attached hydrogen (secondary N) is 2. The lowest BCUT2D eigenvalue weighted by Gasteiger charge is -2.35. The number of halogens is 1. The van der Waals surface area contributed by atoms with Crippen LogP contribution < -0.4 is 20.1 Å². The Bertz CT molecular complexity index is 905. The molecule has 1 heterocycles. The molecular formula is C24H33ClN4O4. The van der Waals surface area contributed by atoms with E-state index in [1.54, 1.807) is 19.1 Å². The van der Waals surface area contributed by atoms with Gasteiger partial charge in [0.2, 0.25) is 5.91 Å². The maximum atomic E-state index is 12.8. The molecule has 1 fully saturated rings. The van der Waals surface area contributed by atoms with Crippen LogP contribution in [0.4, 0.5) is 4.79 Å². The van der Waals surface area contributed by atoms with Gasteiger partial charge in [0.25, 0.3) is 0 Å². The van der Waals surface area contributed by atoms with Crippen molar-refractivity contribution in [1.82, 2.24) is 20.4 Å². The van der Waals surface area contributed by atoms with Gasteiger partial charge in [-0.15, -0.1) is 12.4 Å². The van der Waals surface area contributed by atoms with E-state index in [0.29, 0.717) is 50.8 Å². The van der Waals surface area contributed by atoms with Gasteiger partial charge < -0.3 is 25.0 Å². The number of amides is 3. The fourth-order valence-electron chi connectivity index (χ4n) is 3.70. The highest BCUT2D eigenvalue weighted by atomic mass is 35.5. The molecule has 9 heteroatoms. The lowest BCUT2D eigenvalue weighted by atomic mass is 10.1. The van der Waals surface area contributed by atoms with Gasteiger partial charge in [0.1, 0.15) is 11.5 Å². The minimum atomic E-state index is -0.241. The van der Waals surface area contributed by atoms with Crippen LogP contribution in [0.25, 0.3) is 0 Å². The van der Waals surface area contributed by atoms with Gasteiger partial charge in [0, 0.05) is 38.3 Å². The smallest absolute Gasteiger partial charge is 0.317 e. The van der Waals surface area contributed by atoms with Gasteiger partial charge in [-0.05, 0) is 30.7 Å². The van der Waals surface area contributed by atoms with E-state index < -0.39 is 0 Å². The van der Waals surface area contributed by atoms with Crippen LogP contribution in [0.5, 0.6) is 11.5 Å². The maximum Gasteiger partial charge on any atom is 0.317 e. The molecular weight excluding hydrogens is 444 g/mol. The number of nitrogens with zero attached hydrogens (tertiary/aromatic N) is 2. The van der Waals surface area contributed by atoms with Crippen molar-refractivity contribution in [2.24, 2.45) is 0 Å². The van der Waals surface area contributed by atoms with E-state index in [2.05, 4.69) is 15.5 Å². The molecule has 1 aliphatic rings. The summed E-state index contributed by atoms with van der Waals surface area (Å²) in [6.45, 7) is 5.22. The van der Waals surface area contributed by atoms with Crippen LogP contribution in [-0.4, -0.2) is 68.7 Å². The van der Waals surface area contributed by atoms with Crippen LogP contribution in [0.3, 0.4) is 0 Å². The first-order valence-corrected chi connectivity index (χ1v) is 10.8.